The van der Waals surface area contributed by atoms with Gasteiger partial charge in [0.2, 0.25) is 0 Å². The number of guanidine groups is 1. The molecule has 1 heterocycles. The topological polar surface area (TPSA) is 70.6 Å². The minimum Gasteiger partial charge on any atom is -0.357 e. The van der Waals surface area contributed by atoms with E-state index < -0.39 is 9.84 Å². The van der Waals surface area contributed by atoms with E-state index in [1.807, 2.05) is 13.0 Å². The van der Waals surface area contributed by atoms with E-state index in [1.54, 1.807) is 0 Å². The fraction of sp³-hybridized carbons (Fsp3) is 0.611. The van der Waals surface area contributed by atoms with Crippen molar-refractivity contribution in [3.05, 3.63) is 35.9 Å². The van der Waals surface area contributed by atoms with E-state index in [9.17, 15) is 8.42 Å². The summed E-state index contributed by atoms with van der Waals surface area (Å²) in [6.45, 7) is 7.85. The number of hydrogen-bond donors (Lipinski definition) is 2. The lowest BCUT2D eigenvalue weighted by Gasteiger charge is -2.24. The van der Waals surface area contributed by atoms with Crippen LogP contribution in [0.4, 0.5) is 0 Å². The van der Waals surface area contributed by atoms with Gasteiger partial charge in [0, 0.05) is 19.1 Å². The molecule has 2 rings (SSSR count). The Morgan fingerprint density at radius 3 is 2.52 bits per heavy atom. The fourth-order valence-corrected chi connectivity index (χ4v) is 4.59. The van der Waals surface area contributed by atoms with Gasteiger partial charge in [-0.3, -0.25) is 4.99 Å². The largest absolute Gasteiger partial charge is 0.357 e. The highest BCUT2D eigenvalue weighted by Crippen LogP contribution is 2.22. The van der Waals surface area contributed by atoms with Gasteiger partial charge in [-0.15, -0.1) is 24.0 Å². The highest BCUT2D eigenvalue weighted by atomic mass is 127. The van der Waals surface area contributed by atoms with E-state index in [4.69, 9.17) is 4.99 Å². The first-order chi connectivity index (χ1) is 11.3. The summed E-state index contributed by atoms with van der Waals surface area (Å²) in [5.74, 6) is 1.18. The Morgan fingerprint density at radius 2 is 1.96 bits per heavy atom. The number of sulfone groups is 1. The molecule has 2 N–H and O–H groups in total. The first-order valence-electron chi connectivity index (χ1n) is 8.59. The number of nitrogens with zero attached hydrogens (tertiary/aromatic N) is 1. The molecule has 0 aliphatic carbocycles. The summed E-state index contributed by atoms with van der Waals surface area (Å²) in [6, 6.07) is 10.4. The molecule has 1 aliphatic heterocycles. The standard InChI is InChI=1S/C18H29N3O2S.HI/c1-4-19-17(21-16-10-11-24(22,23)13-16)20-14-18(2,3)12-15-8-6-5-7-9-15;/h5-9,16H,4,10-14H2,1-3H3,(H2,19,20,21);1H. The van der Waals surface area contributed by atoms with Crippen molar-refractivity contribution in [3.8, 4) is 0 Å². The lowest BCUT2D eigenvalue weighted by Crippen LogP contribution is -2.44. The normalized spacial score (nSPS) is 20.0. The maximum absolute atomic E-state index is 11.6. The molecule has 0 aromatic heterocycles. The van der Waals surface area contributed by atoms with Crippen LogP contribution in [0.1, 0.15) is 32.8 Å². The van der Waals surface area contributed by atoms with Crippen molar-refractivity contribution in [1.29, 1.82) is 0 Å². The SMILES string of the molecule is CCNC(=NCC(C)(C)Cc1ccccc1)NC1CCS(=O)(=O)C1.I. The second kappa shape index (κ2) is 9.75. The van der Waals surface area contributed by atoms with E-state index in [0.29, 0.717) is 18.9 Å². The second-order valence-electron chi connectivity index (χ2n) is 7.27. The van der Waals surface area contributed by atoms with E-state index in [2.05, 4.69) is 48.7 Å². The van der Waals surface area contributed by atoms with Gasteiger partial charge in [0.1, 0.15) is 0 Å². The lowest BCUT2D eigenvalue weighted by atomic mass is 9.86. The third-order valence-corrected chi connectivity index (χ3v) is 5.88. The summed E-state index contributed by atoms with van der Waals surface area (Å²) in [6.07, 6.45) is 1.61. The second-order valence-corrected chi connectivity index (χ2v) is 9.49. The molecule has 0 amide bonds. The van der Waals surface area contributed by atoms with Crippen molar-refractivity contribution < 1.29 is 8.42 Å². The predicted octanol–water partition coefficient (Wildman–Crippen LogP) is 2.62. The van der Waals surface area contributed by atoms with Crippen LogP contribution in [-0.2, 0) is 16.3 Å². The molecule has 7 heteroatoms. The molecule has 1 aliphatic rings. The Bertz CT molecular complexity index is 660. The van der Waals surface area contributed by atoms with E-state index in [-0.39, 0.29) is 46.9 Å². The summed E-state index contributed by atoms with van der Waals surface area (Å²) in [5, 5.41) is 6.49. The first-order valence-corrected chi connectivity index (χ1v) is 10.4. The summed E-state index contributed by atoms with van der Waals surface area (Å²) in [7, 11) is -2.89. The average Bonchev–Trinajstić information content (AvgIpc) is 2.85. The van der Waals surface area contributed by atoms with Crippen LogP contribution in [0.25, 0.3) is 0 Å². The molecule has 0 saturated carbocycles. The minimum atomic E-state index is -2.89. The Hall–Kier alpha value is -0.830. The monoisotopic (exact) mass is 479 g/mol. The van der Waals surface area contributed by atoms with Gasteiger partial charge in [0.25, 0.3) is 0 Å². The highest BCUT2D eigenvalue weighted by molar-refractivity contribution is 14.0. The molecule has 1 aromatic rings. The van der Waals surface area contributed by atoms with Crippen LogP contribution in [0.3, 0.4) is 0 Å². The molecule has 1 atom stereocenters. The zero-order valence-electron chi connectivity index (χ0n) is 15.3. The van der Waals surface area contributed by atoms with Crippen molar-refractivity contribution in [3.63, 3.8) is 0 Å². The van der Waals surface area contributed by atoms with Gasteiger partial charge < -0.3 is 10.6 Å². The average molecular weight is 479 g/mol. The molecule has 1 saturated heterocycles. The van der Waals surface area contributed by atoms with Crippen LogP contribution >= 0.6 is 24.0 Å². The molecular weight excluding hydrogens is 449 g/mol. The third-order valence-electron chi connectivity index (χ3n) is 4.11. The molecule has 1 fully saturated rings. The van der Waals surface area contributed by atoms with E-state index in [0.717, 1.165) is 13.0 Å². The molecule has 25 heavy (non-hydrogen) atoms. The maximum Gasteiger partial charge on any atom is 0.191 e. The Labute approximate surface area is 169 Å². The van der Waals surface area contributed by atoms with Gasteiger partial charge in [-0.25, -0.2) is 8.42 Å². The number of rotatable bonds is 6. The fourth-order valence-electron chi connectivity index (χ4n) is 2.92. The number of nitrogens with one attached hydrogen (secondary N) is 2. The van der Waals surface area contributed by atoms with Crippen molar-refractivity contribution >= 4 is 39.8 Å². The first kappa shape index (κ1) is 22.2. The number of halogens is 1. The van der Waals surface area contributed by atoms with Crippen molar-refractivity contribution in [2.24, 2.45) is 10.4 Å². The summed E-state index contributed by atoms with van der Waals surface area (Å²) >= 11 is 0. The minimum absolute atomic E-state index is 0. The van der Waals surface area contributed by atoms with E-state index >= 15 is 0 Å². The van der Waals surface area contributed by atoms with Gasteiger partial charge >= 0.3 is 0 Å². The zero-order chi connectivity index (χ0) is 17.6. The van der Waals surface area contributed by atoms with Gasteiger partial charge in [-0.2, -0.15) is 0 Å². The molecule has 1 aromatic carbocycles. The molecule has 142 valence electrons. The maximum atomic E-state index is 11.6. The molecule has 1 unspecified atom stereocenters. The molecule has 0 radical (unpaired) electrons. The molecule has 0 spiro atoms. The lowest BCUT2D eigenvalue weighted by molar-refractivity contribution is 0.376. The summed E-state index contributed by atoms with van der Waals surface area (Å²) in [4.78, 5) is 4.69. The van der Waals surface area contributed by atoms with Crippen molar-refractivity contribution in [1.82, 2.24) is 10.6 Å². The van der Waals surface area contributed by atoms with Gasteiger partial charge in [0.15, 0.2) is 15.8 Å². The number of benzene rings is 1. The summed E-state index contributed by atoms with van der Waals surface area (Å²) < 4.78 is 23.2. The van der Waals surface area contributed by atoms with Crippen LogP contribution < -0.4 is 10.6 Å². The van der Waals surface area contributed by atoms with Gasteiger partial charge in [0.05, 0.1) is 11.5 Å². The highest BCUT2D eigenvalue weighted by Gasteiger charge is 2.28. The van der Waals surface area contributed by atoms with Crippen LogP contribution in [0.2, 0.25) is 0 Å². The van der Waals surface area contributed by atoms with Crippen LogP contribution in [0.5, 0.6) is 0 Å². The quantitative estimate of drug-likeness (QED) is 0.374. The van der Waals surface area contributed by atoms with Crippen LogP contribution in [0, 0.1) is 5.41 Å². The molecular formula is C18H30IN3O2S. The van der Waals surface area contributed by atoms with Crippen molar-refractivity contribution in [2.45, 2.75) is 39.7 Å². The van der Waals surface area contributed by atoms with Gasteiger partial charge in [-0.1, -0.05) is 44.2 Å². The summed E-state index contributed by atoms with van der Waals surface area (Å²) in [5.41, 5.74) is 1.34. The Kier molecular flexibility index (Phi) is 8.67. The molecule has 0 bridgehead atoms. The van der Waals surface area contributed by atoms with Crippen LogP contribution in [0.15, 0.2) is 35.3 Å². The molecule has 5 nitrogen and oxygen atoms in total. The smallest absolute Gasteiger partial charge is 0.191 e. The van der Waals surface area contributed by atoms with Crippen molar-refractivity contribution in [2.75, 3.05) is 24.6 Å². The predicted molar refractivity (Wildman–Crippen MR) is 116 cm³/mol. The number of aliphatic imine (C=N–C) groups is 1. The van der Waals surface area contributed by atoms with Crippen LogP contribution in [-0.4, -0.2) is 45.0 Å². The number of hydrogen-bond acceptors (Lipinski definition) is 3. The van der Waals surface area contributed by atoms with E-state index in [1.165, 1.54) is 5.56 Å². The Morgan fingerprint density at radius 1 is 1.28 bits per heavy atom. The van der Waals surface area contributed by atoms with Gasteiger partial charge in [-0.05, 0) is 30.7 Å². The zero-order valence-corrected chi connectivity index (χ0v) is 18.4. The Balaban J connectivity index is 0.00000312. The third kappa shape index (κ3) is 7.94.